The van der Waals surface area contributed by atoms with Gasteiger partial charge in [0, 0.05) is 11.8 Å². The summed E-state index contributed by atoms with van der Waals surface area (Å²) < 4.78 is 11.6. The third-order valence-electron chi connectivity index (χ3n) is 5.72. The van der Waals surface area contributed by atoms with E-state index in [1.165, 1.54) is 6.33 Å². The number of imidazole rings is 1. The smallest absolute Gasteiger partial charge is 0.360 e. The maximum atomic E-state index is 12.4. The molecule has 2 atom stereocenters. The van der Waals surface area contributed by atoms with E-state index in [4.69, 9.17) is 9.47 Å². The fourth-order valence-corrected chi connectivity index (χ4v) is 5.25. The van der Waals surface area contributed by atoms with Gasteiger partial charge in [0.2, 0.25) is 0 Å². The fraction of sp³-hybridized carbons (Fsp3) is 0.667. The Morgan fingerprint density at radius 1 is 1.14 bits per heavy atom. The monoisotopic (exact) mass is 288 g/mol. The van der Waals surface area contributed by atoms with Crippen molar-refractivity contribution in [3.8, 4) is 0 Å². The molecule has 5 bridgehead atoms. The van der Waals surface area contributed by atoms with Crippen LogP contribution in [0.1, 0.15) is 53.1 Å². The summed E-state index contributed by atoms with van der Waals surface area (Å²) in [6.45, 7) is 0. The minimum absolute atomic E-state index is 0.0323. The first kappa shape index (κ1) is 11.8. The Bertz CT molecular complexity index is 636. The number of esters is 2. The standard InChI is InChI=1S/C15H16N2O4/c18-13-10-11(17-6-16-10)14(19)21-15-3-7-1-8(4-15)12(20-13)9(2-7)5-15/h6-9,12H,1-5H2,(H,16,17). The molecule has 1 aromatic heterocycles. The molecule has 0 radical (unpaired) electrons. The highest BCUT2D eigenvalue weighted by Crippen LogP contribution is 2.58. The highest BCUT2D eigenvalue weighted by molar-refractivity contribution is 6.00. The van der Waals surface area contributed by atoms with Crippen molar-refractivity contribution in [3.63, 3.8) is 0 Å². The molecule has 4 aliphatic carbocycles. The van der Waals surface area contributed by atoms with Crippen LogP contribution in [-0.4, -0.2) is 33.6 Å². The minimum atomic E-state index is -0.497. The predicted octanol–water partition coefficient (Wildman–Crippen LogP) is 1.68. The predicted molar refractivity (Wildman–Crippen MR) is 69.5 cm³/mol. The summed E-state index contributed by atoms with van der Waals surface area (Å²) in [4.78, 5) is 31.4. The van der Waals surface area contributed by atoms with Gasteiger partial charge in [0.25, 0.3) is 0 Å². The highest BCUT2D eigenvalue weighted by atomic mass is 16.6. The number of hydrogen-bond donors (Lipinski definition) is 1. The molecule has 0 saturated heterocycles. The van der Waals surface area contributed by atoms with E-state index < -0.39 is 11.9 Å². The number of H-pyrrole nitrogens is 1. The van der Waals surface area contributed by atoms with Crippen molar-refractivity contribution in [2.45, 2.75) is 43.8 Å². The van der Waals surface area contributed by atoms with Gasteiger partial charge in [-0.2, -0.15) is 0 Å². The average Bonchev–Trinajstić information content (AvgIpc) is 2.90. The fourth-order valence-electron chi connectivity index (χ4n) is 5.25. The van der Waals surface area contributed by atoms with Gasteiger partial charge in [-0.3, -0.25) is 0 Å². The summed E-state index contributed by atoms with van der Waals surface area (Å²) in [7, 11) is 0. The molecule has 6 nitrogen and oxygen atoms in total. The number of carbonyl (C=O) groups is 2. The maximum absolute atomic E-state index is 12.4. The second-order valence-electron chi connectivity index (χ2n) is 7.04. The van der Waals surface area contributed by atoms with E-state index in [1.807, 2.05) is 0 Å². The molecule has 21 heavy (non-hydrogen) atoms. The molecule has 2 unspecified atom stereocenters. The largest absolute Gasteiger partial charge is 0.457 e. The Balaban J connectivity index is 1.65. The zero-order chi connectivity index (χ0) is 14.2. The molecular formula is C15H16N2O4. The van der Waals surface area contributed by atoms with Crippen molar-refractivity contribution in [2.24, 2.45) is 17.8 Å². The maximum Gasteiger partial charge on any atom is 0.360 e. The SMILES string of the molecule is O=C1OC23CC4CC(C2)C(OC(=O)c2[nH]cnc21)C(C4)C3. The second-order valence-corrected chi connectivity index (χ2v) is 7.04. The van der Waals surface area contributed by atoms with E-state index in [1.54, 1.807) is 0 Å². The molecule has 1 spiro atoms. The second kappa shape index (κ2) is 3.67. The van der Waals surface area contributed by atoms with Crippen LogP contribution in [0, 0.1) is 17.8 Å². The van der Waals surface area contributed by atoms with Crippen molar-refractivity contribution < 1.29 is 19.1 Å². The highest BCUT2D eigenvalue weighted by Gasteiger charge is 2.59. The van der Waals surface area contributed by atoms with Crippen LogP contribution in [0.25, 0.3) is 0 Å². The number of aromatic nitrogens is 2. The van der Waals surface area contributed by atoms with Gasteiger partial charge in [-0.05, 0) is 38.0 Å². The quantitative estimate of drug-likeness (QED) is 0.735. The molecule has 3 heterocycles. The van der Waals surface area contributed by atoms with Gasteiger partial charge in [-0.15, -0.1) is 0 Å². The summed E-state index contributed by atoms with van der Waals surface area (Å²) in [5, 5.41) is 0. The summed E-state index contributed by atoms with van der Waals surface area (Å²) >= 11 is 0. The third-order valence-corrected chi connectivity index (χ3v) is 5.72. The number of ether oxygens (including phenoxy) is 2. The average molecular weight is 288 g/mol. The topological polar surface area (TPSA) is 81.3 Å². The van der Waals surface area contributed by atoms with Crippen LogP contribution in [0.4, 0.5) is 0 Å². The van der Waals surface area contributed by atoms with Crippen molar-refractivity contribution in [3.05, 3.63) is 17.7 Å². The lowest BCUT2D eigenvalue weighted by Crippen LogP contribution is -2.59. The van der Waals surface area contributed by atoms with E-state index in [2.05, 4.69) is 9.97 Å². The molecule has 2 aliphatic heterocycles. The van der Waals surface area contributed by atoms with Gasteiger partial charge in [-0.1, -0.05) is 0 Å². The minimum Gasteiger partial charge on any atom is -0.457 e. The normalized spacial score (nSPS) is 43.4. The van der Waals surface area contributed by atoms with E-state index in [-0.39, 0.29) is 23.1 Å². The molecule has 4 saturated carbocycles. The molecule has 4 fully saturated rings. The number of fused-ring (bicyclic) bond motifs is 2. The summed E-state index contributed by atoms with van der Waals surface area (Å²) in [6.07, 6.45) is 6.08. The summed E-state index contributed by atoms with van der Waals surface area (Å²) in [5.41, 5.74) is -0.181. The molecule has 1 aromatic rings. The third kappa shape index (κ3) is 1.50. The van der Waals surface area contributed by atoms with E-state index in [9.17, 15) is 9.59 Å². The molecule has 0 amide bonds. The molecule has 110 valence electrons. The summed E-state index contributed by atoms with van der Waals surface area (Å²) in [5.74, 6) is 0.287. The zero-order valence-electron chi connectivity index (χ0n) is 11.5. The first-order valence-corrected chi connectivity index (χ1v) is 7.61. The zero-order valence-corrected chi connectivity index (χ0v) is 11.5. The van der Waals surface area contributed by atoms with Crippen LogP contribution < -0.4 is 0 Å². The van der Waals surface area contributed by atoms with Crippen LogP contribution in [0.2, 0.25) is 0 Å². The first-order valence-electron chi connectivity index (χ1n) is 7.61. The lowest BCUT2D eigenvalue weighted by Gasteiger charge is -2.58. The van der Waals surface area contributed by atoms with Gasteiger partial charge in [0.1, 0.15) is 11.7 Å². The molecule has 0 aromatic carbocycles. The number of rotatable bonds is 0. The van der Waals surface area contributed by atoms with Gasteiger partial charge in [0.15, 0.2) is 11.4 Å². The van der Waals surface area contributed by atoms with Crippen molar-refractivity contribution in [1.82, 2.24) is 9.97 Å². The van der Waals surface area contributed by atoms with Gasteiger partial charge < -0.3 is 14.5 Å². The molecule has 1 N–H and O–H groups in total. The van der Waals surface area contributed by atoms with Crippen molar-refractivity contribution in [2.75, 3.05) is 0 Å². The van der Waals surface area contributed by atoms with E-state index in [0.717, 1.165) is 32.1 Å². The van der Waals surface area contributed by atoms with Gasteiger partial charge >= 0.3 is 11.9 Å². The van der Waals surface area contributed by atoms with Crippen LogP contribution in [0.15, 0.2) is 6.33 Å². The van der Waals surface area contributed by atoms with Gasteiger partial charge in [-0.25, -0.2) is 14.6 Å². The Morgan fingerprint density at radius 3 is 2.67 bits per heavy atom. The Kier molecular flexibility index (Phi) is 2.06. The van der Waals surface area contributed by atoms with E-state index in [0.29, 0.717) is 17.8 Å². The van der Waals surface area contributed by atoms with Crippen LogP contribution in [0.3, 0.4) is 0 Å². The lowest BCUT2D eigenvalue weighted by atomic mass is 9.53. The Hall–Kier alpha value is -1.85. The first-order chi connectivity index (χ1) is 10.1. The molecule has 7 rings (SSSR count). The number of carbonyl (C=O) groups excluding carboxylic acids is 2. The van der Waals surface area contributed by atoms with Gasteiger partial charge in [0.05, 0.1) is 6.33 Å². The molecule has 6 aliphatic rings. The number of nitrogens with zero attached hydrogens (tertiary/aromatic N) is 1. The summed E-state index contributed by atoms with van der Waals surface area (Å²) in [6, 6.07) is 0. The molecule has 6 heteroatoms. The van der Waals surface area contributed by atoms with Crippen molar-refractivity contribution in [1.29, 1.82) is 0 Å². The Morgan fingerprint density at radius 2 is 1.90 bits per heavy atom. The number of nitrogens with one attached hydrogen (secondary N) is 1. The lowest BCUT2D eigenvalue weighted by molar-refractivity contribution is -0.180. The molecular weight excluding hydrogens is 272 g/mol. The van der Waals surface area contributed by atoms with Crippen molar-refractivity contribution >= 4 is 11.9 Å². The number of aromatic amines is 1. The van der Waals surface area contributed by atoms with Crippen LogP contribution in [0.5, 0.6) is 0 Å². The Labute approximate surface area is 121 Å². The van der Waals surface area contributed by atoms with Crippen LogP contribution >= 0.6 is 0 Å². The number of hydrogen-bond acceptors (Lipinski definition) is 5. The van der Waals surface area contributed by atoms with E-state index >= 15 is 0 Å². The van der Waals surface area contributed by atoms with Crippen LogP contribution in [-0.2, 0) is 9.47 Å².